The number of anilines is 1. The summed E-state index contributed by atoms with van der Waals surface area (Å²) in [7, 11) is 0. The first kappa shape index (κ1) is 22.1. The average molecular weight is 457 g/mol. The zero-order valence-electron chi connectivity index (χ0n) is 17.4. The molecule has 4 rings (SSSR count). The molecule has 1 fully saturated rings. The van der Waals surface area contributed by atoms with Crippen LogP contribution in [0, 0.1) is 6.92 Å². The summed E-state index contributed by atoms with van der Waals surface area (Å²) in [6.07, 6.45) is -4.50. The van der Waals surface area contributed by atoms with Gasteiger partial charge in [-0.3, -0.25) is 14.9 Å². The Bertz CT molecular complexity index is 1280. The van der Waals surface area contributed by atoms with E-state index >= 15 is 0 Å². The molecule has 11 heteroatoms. The van der Waals surface area contributed by atoms with Crippen LogP contribution in [0.3, 0.4) is 0 Å². The van der Waals surface area contributed by atoms with E-state index < -0.39 is 35.1 Å². The van der Waals surface area contributed by atoms with E-state index in [1.165, 1.54) is 19.1 Å². The Kier molecular flexibility index (Phi) is 5.19. The number of nitrogens with one attached hydrogen (secondary N) is 4. The Morgan fingerprint density at radius 2 is 1.82 bits per heavy atom. The number of halogens is 3. The average Bonchev–Trinajstić information content (AvgIpc) is 3.27. The minimum Gasteiger partial charge on any atom is -0.341 e. The fourth-order valence-corrected chi connectivity index (χ4v) is 3.51. The Hall–Kier alpha value is -4.15. The highest BCUT2D eigenvalue weighted by atomic mass is 19.4. The number of hydrogen-bond acceptors (Lipinski definition) is 4. The van der Waals surface area contributed by atoms with E-state index in [0.29, 0.717) is 16.9 Å². The summed E-state index contributed by atoms with van der Waals surface area (Å²) in [5.41, 5.74) is -0.769. The third-order valence-electron chi connectivity index (χ3n) is 5.31. The number of alkyl halides is 3. The van der Waals surface area contributed by atoms with Gasteiger partial charge in [-0.05, 0) is 43.7 Å². The predicted molar refractivity (Wildman–Crippen MR) is 112 cm³/mol. The van der Waals surface area contributed by atoms with Crippen molar-refractivity contribution in [2.24, 2.45) is 0 Å². The number of amides is 4. The van der Waals surface area contributed by atoms with E-state index in [1.54, 1.807) is 31.2 Å². The molecule has 8 nitrogen and oxygen atoms in total. The maximum Gasteiger partial charge on any atom is 0.416 e. The number of H-pyrrole nitrogens is 1. The summed E-state index contributed by atoms with van der Waals surface area (Å²) in [6.45, 7) is 3.11. The molecule has 0 spiro atoms. The fourth-order valence-electron chi connectivity index (χ4n) is 3.51. The number of hydrogen-bond donors (Lipinski definition) is 4. The molecule has 1 atom stereocenters. The van der Waals surface area contributed by atoms with Gasteiger partial charge in [0.15, 0.2) is 0 Å². The standard InChI is InChI=1S/C22H18F3N5O3/c1-11-16(28-17(26-11)12-5-3-7-14(9-12)22(23,24)25)18(31)27-15-8-4-6-13(10-15)21(2)19(32)29-20(33)30-21/h3-10H,1-2H3,(H,26,28)(H,27,31)(H2,29,30,32,33). The molecule has 1 aliphatic rings. The van der Waals surface area contributed by atoms with Crippen molar-refractivity contribution in [3.8, 4) is 11.4 Å². The van der Waals surface area contributed by atoms with Crippen LogP contribution in [0.15, 0.2) is 48.5 Å². The number of aromatic nitrogens is 2. The Morgan fingerprint density at radius 3 is 2.48 bits per heavy atom. The highest BCUT2D eigenvalue weighted by molar-refractivity contribution is 6.07. The van der Waals surface area contributed by atoms with Crippen LogP contribution in [-0.4, -0.2) is 27.8 Å². The van der Waals surface area contributed by atoms with Crippen LogP contribution < -0.4 is 16.0 Å². The normalized spacial score (nSPS) is 18.1. The number of imidazole rings is 1. The minimum atomic E-state index is -4.50. The van der Waals surface area contributed by atoms with Crippen molar-refractivity contribution in [3.63, 3.8) is 0 Å². The number of aryl methyl sites for hydroxylation is 1. The maximum absolute atomic E-state index is 13.0. The molecule has 4 amide bonds. The lowest BCUT2D eigenvalue weighted by Gasteiger charge is -2.21. The smallest absolute Gasteiger partial charge is 0.341 e. The zero-order chi connectivity index (χ0) is 24.0. The number of aromatic amines is 1. The first-order chi connectivity index (χ1) is 15.5. The van der Waals surface area contributed by atoms with Crippen molar-refractivity contribution < 1.29 is 27.6 Å². The number of rotatable bonds is 4. The van der Waals surface area contributed by atoms with Gasteiger partial charge in [-0.25, -0.2) is 9.78 Å². The summed E-state index contributed by atoms with van der Waals surface area (Å²) in [5.74, 6) is -0.996. The van der Waals surface area contributed by atoms with E-state index in [1.807, 2.05) is 0 Å². The summed E-state index contributed by atoms with van der Waals surface area (Å²) >= 11 is 0. The number of imide groups is 1. The fraction of sp³-hybridized carbons (Fsp3) is 0.182. The second-order valence-electron chi connectivity index (χ2n) is 7.71. The summed E-state index contributed by atoms with van der Waals surface area (Å²) in [4.78, 5) is 43.5. The van der Waals surface area contributed by atoms with Crippen LogP contribution in [-0.2, 0) is 16.5 Å². The molecule has 170 valence electrons. The van der Waals surface area contributed by atoms with Gasteiger partial charge >= 0.3 is 12.2 Å². The van der Waals surface area contributed by atoms with Gasteiger partial charge in [0, 0.05) is 16.9 Å². The first-order valence-electron chi connectivity index (χ1n) is 9.77. The molecule has 4 N–H and O–H groups in total. The largest absolute Gasteiger partial charge is 0.416 e. The van der Waals surface area contributed by atoms with Crippen molar-refractivity contribution in [2.45, 2.75) is 25.6 Å². The van der Waals surface area contributed by atoms with Gasteiger partial charge in [0.05, 0.1) is 5.56 Å². The van der Waals surface area contributed by atoms with Gasteiger partial charge in [-0.1, -0.05) is 24.3 Å². The molecule has 0 bridgehead atoms. The van der Waals surface area contributed by atoms with Gasteiger partial charge in [0.25, 0.3) is 11.8 Å². The number of urea groups is 1. The van der Waals surface area contributed by atoms with Gasteiger partial charge in [0.2, 0.25) is 0 Å². The van der Waals surface area contributed by atoms with Gasteiger partial charge in [-0.15, -0.1) is 0 Å². The van der Waals surface area contributed by atoms with Crippen molar-refractivity contribution in [1.82, 2.24) is 20.6 Å². The maximum atomic E-state index is 13.0. The highest BCUT2D eigenvalue weighted by Crippen LogP contribution is 2.32. The van der Waals surface area contributed by atoms with Crippen molar-refractivity contribution >= 4 is 23.5 Å². The first-order valence-corrected chi connectivity index (χ1v) is 9.77. The third-order valence-corrected chi connectivity index (χ3v) is 5.31. The predicted octanol–water partition coefficient (Wildman–Crippen LogP) is 3.71. The van der Waals surface area contributed by atoms with Gasteiger partial charge in [0.1, 0.15) is 17.1 Å². The summed E-state index contributed by atoms with van der Waals surface area (Å²) in [6, 6.07) is 10.4. The van der Waals surface area contributed by atoms with Crippen LogP contribution in [0.5, 0.6) is 0 Å². The van der Waals surface area contributed by atoms with Crippen molar-refractivity contribution in [2.75, 3.05) is 5.32 Å². The van der Waals surface area contributed by atoms with Crippen LogP contribution in [0.2, 0.25) is 0 Å². The summed E-state index contributed by atoms with van der Waals surface area (Å²) < 4.78 is 39.0. The lowest BCUT2D eigenvalue weighted by atomic mass is 9.92. The molecule has 0 radical (unpaired) electrons. The Labute approximate surface area is 185 Å². The van der Waals surface area contributed by atoms with Crippen LogP contribution in [0.25, 0.3) is 11.4 Å². The molecule has 33 heavy (non-hydrogen) atoms. The molecule has 0 aliphatic carbocycles. The summed E-state index contributed by atoms with van der Waals surface area (Å²) in [5, 5.41) is 7.38. The van der Waals surface area contributed by atoms with E-state index in [2.05, 4.69) is 25.9 Å². The highest BCUT2D eigenvalue weighted by Gasteiger charge is 2.43. The van der Waals surface area contributed by atoms with E-state index in [9.17, 15) is 27.6 Å². The van der Waals surface area contributed by atoms with E-state index in [-0.39, 0.29) is 17.1 Å². The molecule has 2 aromatic carbocycles. The molecule has 3 aromatic rings. The van der Waals surface area contributed by atoms with Crippen LogP contribution >= 0.6 is 0 Å². The third kappa shape index (κ3) is 4.16. The SMILES string of the molecule is Cc1[nH]c(-c2cccc(C(F)(F)F)c2)nc1C(=O)Nc1cccc(C2(C)NC(=O)NC2=O)c1. The lowest BCUT2D eigenvalue weighted by Crippen LogP contribution is -2.40. The molecule has 1 aromatic heterocycles. The van der Waals surface area contributed by atoms with Crippen LogP contribution in [0.4, 0.5) is 23.7 Å². The number of carbonyl (C=O) groups is 3. The molecular formula is C22H18F3N5O3. The molecular weight excluding hydrogens is 439 g/mol. The molecule has 2 heterocycles. The zero-order valence-corrected chi connectivity index (χ0v) is 17.4. The topological polar surface area (TPSA) is 116 Å². The monoisotopic (exact) mass is 457 g/mol. The second-order valence-corrected chi connectivity index (χ2v) is 7.71. The van der Waals surface area contributed by atoms with Gasteiger partial charge in [-0.2, -0.15) is 13.2 Å². The van der Waals surface area contributed by atoms with Crippen molar-refractivity contribution in [3.05, 3.63) is 71.0 Å². The Morgan fingerprint density at radius 1 is 1.09 bits per heavy atom. The van der Waals surface area contributed by atoms with Crippen molar-refractivity contribution in [1.29, 1.82) is 0 Å². The van der Waals surface area contributed by atoms with Gasteiger partial charge < -0.3 is 15.6 Å². The van der Waals surface area contributed by atoms with E-state index in [0.717, 1.165) is 12.1 Å². The number of carbonyl (C=O) groups excluding carboxylic acids is 3. The second kappa shape index (κ2) is 7.76. The molecule has 1 unspecified atom stereocenters. The molecule has 1 saturated heterocycles. The quantitative estimate of drug-likeness (QED) is 0.447. The number of nitrogens with zero attached hydrogens (tertiary/aromatic N) is 1. The molecule has 1 aliphatic heterocycles. The van der Waals surface area contributed by atoms with E-state index in [4.69, 9.17) is 0 Å². The number of benzene rings is 2. The Balaban J connectivity index is 1.58. The molecule has 0 saturated carbocycles. The lowest BCUT2D eigenvalue weighted by molar-refractivity contribution is -0.137. The van der Waals surface area contributed by atoms with Crippen LogP contribution in [0.1, 0.15) is 34.2 Å². The minimum absolute atomic E-state index is 0.00550.